The molecule has 0 unspecified atom stereocenters. The first-order valence-electron chi connectivity index (χ1n) is 8.37. The fourth-order valence-electron chi connectivity index (χ4n) is 3.84. The van der Waals surface area contributed by atoms with Crippen molar-refractivity contribution in [2.75, 3.05) is 26.2 Å². The summed E-state index contributed by atoms with van der Waals surface area (Å²) in [5.41, 5.74) is 3.43. The van der Waals surface area contributed by atoms with Gasteiger partial charge in [-0.05, 0) is 36.1 Å². The number of nitrogens with one attached hydrogen (secondary N) is 1. The summed E-state index contributed by atoms with van der Waals surface area (Å²) < 4.78 is 15.1. The van der Waals surface area contributed by atoms with E-state index in [-0.39, 0.29) is 5.82 Å². The molecule has 1 aromatic heterocycles. The lowest BCUT2D eigenvalue weighted by Gasteiger charge is -2.41. The Kier molecular flexibility index (Phi) is 4.24. The number of piperazine rings is 1. The van der Waals surface area contributed by atoms with Gasteiger partial charge < -0.3 is 5.32 Å². The van der Waals surface area contributed by atoms with Gasteiger partial charge in [-0.3, -0.25) is 4.90 Å². The lowest BCUT2D eigenvalue weighted by molar-refractivity contribution is 0.150. The Morgan fingerprint density at radius 3 is 3.04 bits per heavy atom. The fraction of sp³-hybridized carbons (Fsp3) is 0.444. The SMILES string of the molecule is Cc1nc(Cl)cc(Cc2ccc3c(c2F)CCN2CCNC[C@H]32)n1. The van der Waals surface area contributed by atoms with E-state index in [1.165, 1.54) is 0 Å². The molecule has 2 aromatic rings. The second-order valence-electron chi connectivity index (χ2n) is 6.52. The van der Waals surface area contributed by atoms with E-state index in [4.69, 9.17) is 11.6 Å². The third-order valence-corrected chi connectivity index (χ3v) is 5.15. The van der Waals surface area contributed by atoms with E-state index >= 15 is 4.39 Å². The molecule has 0 radical (unpaired) electrons. The van der Waals surface area contributed by atoms with Gasteiger partial charge in [0.2, 0.25) is 0 Å². The van der Waals surface area contributed by atoms with Crippen LogP contribution in [0.1, 0.15) is 34.3 Å². The quantitative estimate of drug-likeness (QED) is 0.849. The molecule has 1 fully saturated rings. The summed E-state index contributed by atoms with van der Waals surface area (Å²) in [6.45, 7) is 5.67. The number of rotatable bonds is 2. The van der Waals surface area contributed by atoms with Gasteiger partial charge in [-0.2, -0.15) is 0 Å². The highest BCUT2D eigenvalue weighted by Crippen LogP contribution is 2.33. The van der Waals surface area contributed by atoms with Crippen LogP contribution in [-0.2, 0) is 12.8 Å². The van der Waals surface area contributed by atoms with Crippen molar-refractivity contribution in [1.82, 2.24) is 20.2 Å². The van der Waals surface area contributed by atoms with Gasteiger partial charge in [0.15, 0.2) is 0 Å². The molecule has 126 valence electrons. The summed E-state index contributed by atoms with van der Waals surface area (Å²) >= 11 is 5.99. The molecular weight excluding hydrogens is 327 g/mol. The van der Waals surface area contributed by atoms with Crippen molar-refractivity contribution in [3.63, 3.8) is 0 Å². The van der Waals surface area contributed by atoms with Gasteiger partial charge >= 0.3 is 0 Å². The Hall–Kier alpha value is -1.56. The predicted octanol–water partition coefficient (Wildman–Crippen LogP) is 2.67. The molecule has 0 saturated carbocycles. The van der Waals surface area contributed by atoms with E-state index in [0.29, 0.717) is 29.0 Å². The van der Waals surface area contributed by atoms with Crippen molar-refractivity contribution in [2.24, 2.45) is 0 Å². The molecule has 4 rings (SSSR count). The van der Waals surface area contributed by atoms with E-state index in [0.717, 1.165) is 49.4 Å². The van der Waals surface area contributed by atoms with Crippen LogP contribution < -0.4 is 5.32 Å². The van der Waals surface area contributed by atoms with Crippen molar-refractivity contribution in [3.8, 4) is 0 Å². The molecule has 1 saturated heterocycles. The summed E-state index contributed by atoms with van der Waals surface area (Å²) in [6, 6.07) is 5.99. The van der Waals surface area contributed by atoms with Crippen LogP contribution in [-0.4, -0.2) is 41.0 Å². The summed E-state index contributed by atoms with van der Waals surface area (Å²) in [4.78, 5) is 10.9. The smallest absolute Gasteiger partial charge is 0.133 e. The second-order valence-corrected chi connectivity index (χ2v) is 6.91. The lowest BCUT2D eigenvalue weighted by Crippen LogP contribution is -2.49. The van der Waals surface area contributed by atoms with Crippen molar-refractivity contribution in [2.45, 2.75) is 25.8 Å². The van der Waals surface area contributed by atoms with Gasteiger partial charge in [0.1, 0.15) is 16.8 Å². The third kappa shape index (κ3) is 2.92. The first kappa shape index (κ1) is 15.9. The Balaban J connectivity index is 1.66. The highest BCUT2D eigenvalue weighted by Gasteiger charge is 2.31. The maximum absolute atomic E-state index is 15.1. The number of hydrogen-bond acceptors (Lipinski definition) is 4. The van der Waals surface area contributed by atoms with Crippen LogP contribution in [0.4, 0.5) is 4.39 Å². The zero-order valence-electron chi connectivity index (χ0n) is 13.6. The molecule has 1 aromatic carbocycles. The summed E-state index contributed by atoms with van der Waals surface area (Å²) in [6.07, 6.45) is 1.21. The number of hydrogen-bond donors (Lipinski definition) is 1. The van der Waals surface area contributed by atoms with Crippen LogP contribution in [0, 0.1) is 12.7 Å². The second kappa shape index (κ2) is 6.39. The molecule has 2 aliphatic rings. The molecule has 0 aliphatic carbocycles. The van der Waals surface area contributed by atoms with Crippen LogP contribution in [0.3, 0.4) is 0 Å². The van der Waals surface area contributed by atoms with E-state index in [2.05, 4.69) is 26.3 Å². The summed E-state index contributed by atoms with van der Waals surface area (Å²) in [5.74, 6) is 0.532. The van der Waals surface area contributed by atoms with Crippen LogP contribution >= 0.6 is 11.6 Å². The van der Waals surface area contributed by atoms with Gasteiger partial charge in [0, 0.05) is 38.6 Å². The maximum atomic E-state index is 15.1. The van der Waals surface area contributed by atoms with E-state index in [1.54, 1.807) is 13.0 Å². The zero-order valence-corrected chi connectivity index (χ0v) is 14.4. The van der Waals surface area contributed by atoms with Crippen molar-refractivity contribution in [1.29, 1.82) is 0 Å². The Morgan fingerprint density at radius 2 is 2.21 bits per heavy atom. The van der Waals surface area contributed by atoms with Crippen LogP contribution in [0.5, 0.6) is 0 Å². The number of fused-ring (bicyclic) bond motifs is 3. The average Bonchev–Trinajstić information content (AvgIpc) is 2.56. The van der Waals surface area contributed by atoms with Crippen LogP contribution in [0.15, 0.2) is 18.2 Å². The van der Waals surface area contributed by atoms with Crippen LogP contribution in [0.2, 0.25) is 5.15 Å². The average molecular weight is 347 g/mol. The summed E-state index contributed by atoms with van der Waals surface area (Å²) in [5, 5.41) is 3.82. The van der Waals surface area contributed by atoms with Gasteiger partial charge in [-0.25, -0.2) is 14.4 Å². The highest BCUT2D eigenvalue weighted by molar-refractivity contribution is 6.29. The number of nitrogens with zero attached hydrogens (tertiary/aromatic N) is 3. The fourth-order valence-corrected chi connectivity index (χ4v) is 4.09. The van der Waals surface area contributed by atoms with Crippen molar-refractivity contribution in [3.05, 3.63) is 57.4 Å². The topological polar surface area (TPSA) is 41.1 Å². The number of benzene rings is 1. The largest absolute Gasteiger partial charge is 0.314 e. The molecule has 3 heterocycles. The maximum Gasteiger partial charge on any atom is 0.133 e. The number of aryl methyl sites for hydroxylation is 1. The normalized spacial score (nSPS) is 20.5. The molecule has 6 heteroatoms. The van der Waals surface area contributed by atoms with Crippen molar-refractivity contribution >= 4 is 11.6 Å². The minimum Gasteiger partial charge on any atom is -0.314 e. The van der Waals surface area contributed by atoms with Gasteiger partial charge in [-0.1, -0.05) is 23.7 Å². The Labute approximate surface area is 146 Å². The molecular formula is C18H20ClFN4. The van der Waals surface area contributed by atoms with Gasteiger partial charge in [0.25, 0.3) is 0 Å². The molecule has 2 aliphatic heterocycles. The minimum absolute atomic E-state index is 0.0786. The number of halogens is 2. The molecule has 0 bridgehead atoms. The van der Waals surface area contributed by atoms with Gasteiger partial charge in [0.05, 0.1) is 5.69 Å². The zero-order chi connectivity index (χ0) is 16.7. The standard InChI is InChI=1S/C18H20ClFN4/c1-11-22-13(9-17(19)23-11)8-12-2-3-14-15(18(12)20)4-6-24-7-5-21-10-16(14)24/h2-3,9,16,21H,4-8,10H2,1H3/t16-/m1/s1. The Bertz CT molecular complexity index is 760. The number of aromatic nitrogens is 2. The van der Waals surface area contributed by atoms with E-state index in [1.807, 2.05) is 6.07 Å². The van der Waals surface area contributed by atoms with Gasteiger partial charge in [-0.15, -0.1) is 0 Å². The molecule has 1 atom stereocenters. The van der Waals surface area contributed by atoms with Crippen LogP contribution in [0.25, 0.3) is 0 Å². The first-order chi connectivity index (χ1) is 11.6. The Morgan fingerprint density at radius 1 is 1.33 bits per heavy atom. The summed E-state index contributed by atoms with van der Waals surface area (Å²) in [7, 11) is 0. The molecule has 1 N–H and O–H groups in total. The first-order valence-corrected chi connectivity index (χ1v) is 8.74. The predicted molar refractivity (Wildman–Crippen MR) is 91.9 cm³/mol. The lowest BCUT2D eigenvalue weighted by atomic mass is 9.88. The monoisotopic (exact) mass is 346 g/mol. The third-order valence-electron chi connectivity index (χ3n) is 4.95. The molecule has 0 amide bonds. The van der Waals surface area contributed by atoms with E-state index < -0.39 is 0 Å². The highest BCUT2D eigenvalue weighted by atomic mass is 35.5. The van der Waals surface area contributed by atoms with E-state index in [9.17, 15) is 0 Å². The van der Waals surface area contributed by atoms with Crippen molar-refractivity contribution < 1.29 is 4.39 Å². The molecule has 24 heavy (non-hydrogen) atoms. The molecule has 0 spiro atoms. The minimum atomic E-state index is -0.0786. The molecule has 4 nitrogen and oxygen atoms in total.